The summed E-state index contributed by atoms with van der Waals surface area (Å²) in [5, 5.41) is 12.4. The fraction of sp³-hybridized carbons (Fsp3) is 0.333. The van der Waals surface area contributed by atoms with Crippen molar-refractivity contribution in [3.63, 3.8) is 0 Å². The van der Waals surface area contributed by atoms with Crippen molar-refractivity contribution < 1.29 is 14.2 Å². The van der Waals surface area contributed by atoms with E-state index in [9.17, 15) is 4.39 Å². The van der Waals surface area contributed by atoms with Crippen LogP contribution < -0.4 is 10.1 Å². The van der Waals surface area contributed by atoms with Crippen LogP contribution in [0.4, 0.5) is 4.39 Å². The van der Waals surface area contributed by atoms with Gasteiger partial charge in [0.05, 0.1) is 12.7 Å². The summed E-state index contributed by atoms with van der Waals surface area (Å²) in [6.07, 6.45) is 0.170. The van der Waals surface area contributed by atoms with Crippen LogP contribution in [0.5, 0.6) is 5.75 Å². The molecular weight excluding hydrogens is 281 g/mol. The zero-order chi connectivity index (χ0) is 15.9. The number of rotatable bonds is 7. The Labute approximate surface area is 130 Å². The number of nitrogens with one attached hydrogen (secondary N) is 1. The molecule has 0 saturated heterocycles. The van der Waals surface area contributed by atoms with E-state index in [-0.39, 0.29) is 18.5 Å². The summed E-state index contributed by atoms with van der Waals surface area (Å²) in [4.78, 5) is 0. The van der Waals surface area contributed by atoms with Crippen molar-refractivity contribution in [3.8, 4) is 5.75 Å². The molecule has 0 aliphatic carbocycles. The Morgan fingerprint density at radius 1 is 1.05 bits per heavy atom. The van der Waals surface area contributed by atoms with Gasteiger partial charge < -0.3 is 15.2 Å². The molecule has 4 heteroatoms. The van der Waals surface area contributed by atoms with E-state index in [0.717, 1.165) is 16.9 Å². The van der Waals surface area contributed by atoms with Gasteiger partial charge in [-0.2, -0.15) is 0 Å². The van der Waals surface area contributed by atoms with Crippen LogP contribution in [0, 0.1) is 5.82 Å². The highest BCUT2D eigenvalue weighted by Crippen LogP contribution is 2.14. The maximum Gasteiger partial charge on any atom is 0.128 e. The molecule has 2 aromatic carbocycles. The Morgan fingerprint density at radius 3 is 2.32 bits per heavy atom. The highest BCUT2D eigenvalue weighted by molar-refractivity contribution is 5.28. The van der Waals surface area contributed by atoms with Crippen LogP contribution in [0.1, 0.15) is 30.5 Å². The lowest BCUT2D eigenvalue weighted by Gasteiger charge is -2.11. The molecular formula is C18H22FNO2. The molecule has 0 amide bonds. The van der Waals surface area contributed by atoms with Gasteiger partial charge in [0, 0.05) is 18.7 Å². The Morgan fingerprint density at radius 2 is 1.68 bits per heavy atom. The van der Waals surface area contributed by atoms with Gasteiger partial charge in [-0.3, -0.25) is 0 Å². The summed E-state index contributed by atoms with van der Waals surface area (Å²) < 4.78 is 18.9. The lowest BCUT2D eigenvalue weighted by atomic mass is 10.1. The lowest BCUT2D eigenvalue weighted by Crippen LogP contribution is -2.13. The smallest absolute Gasteiger partial charge is 0.128 e. The van der Waals surface area contributed by atoms with Gasteiger partial charge in [0.15, 0.2) is 0 Å². The first kappa shape index (κ1) is 16.5. The molecule has 0 aliphatic heterocycles. The van der Waals surface area contributed by atoms with Gasteiger partial charge in [-0.05, 0) is 49.2 Å². The van der Waals surface area contributed by atoms with Crippen LogP contribution >= 0.6 is 0 Å². The number of aliphatic hydroxyl groups excluding tert-OH is 1. The molecule has 0 atom stereocenters. The zero-order valence-corrected chi connectivity index (χ0v) is 13.0. The monoisotopic (exact) mass is 303 g/mol. The summed E-state index contributed by atoms with van der Waals surface area (Å²) in [6.45, 7) is 5.06. The van der Waals surface area contributed by atoms with Crippen LogP contribution in [-0.2, 0) is 19.7 Å². The molecule has 0 aliphatic rings. The summed E-state index contributed by atoms with van der Waals surface area (Å²) in [5.74, 6) is 0.497. The second kappa shape index (κ2) is 7.92. The summed E-state index contributed by atoms with van der Waals surface area (Å²) >= 11 is 0. The minimum atomic E-state index is -0.369. The molecule has 118 valence electrons. The predicted octanol–water partition coefficient (Wildman–Crippen LogP) is 3.40. The predicted molar refractivity (Wildman–Crippen MR) is 85.1 cm³/mol. The normalized spacial score (nSPS) is 11.0. The maximum absolute atomic E-state index is 13.3. The quantitative estimate of drug-likeness (QED) is 0.824. The standard InChI is InChI=1S/C18H22FNO2/c1-13(2)22-17-6-3-14(4-7-17)10-20-11-15-5-8-18(19)16(9-15)12-21/h3-9,13,20-21H,10-12H2,1-2H3. The first-order chi connectivity index (χ1) is 10.6. The minimum absolute atomic E-state index is 0.170. The molecule has 0 bridgehead atoms. The number of benzene rings is 2. The van der Waals surface area contributed by atoms with Gasteiger partial charge in [0.2, 0.25) is 0 Å². The average Bonchev–Trinajstić information content (AvgIpc) is 2.50. The number of ether oxygens (including phenoxy) is 1. The Balaban J connectivity index is 1.85. The topological polar surface area (TPSA) is 41.5 Å². The highest BCUT2D eigenvalue weighted by Gasteiger charge is 2.03. The molecule has 2 N–H and O–H groups in total. The van der Waals surface area contributed by atoms with Crippen molar-refractivity contribution in [2.45, 2.75) is 39.6 Å². The second-order valence-electron chi connectivity index (χ2n) is 5.50. The van der Waals surface area contributed by atoms with E-state index in [4.69, 9.17) is 9.84 Å². The fourth-order valence-electron chi connectivity index (χ4n) is 2.17. The van der Waals surface area contributed by atoms with Crippen molar-refractivity contribution in [1.29, 1.82) is 0 Å². The molecule has 0 unspecified atom stereocenters. The molecule has 2 aromatic rings. The van der Waals surface area contributed by atoms with Crippen LogP contribution in [0.25, 0.3) is 0 Å². The largest absolute Gasteiger partial charge is 0.491 e. The van der Waals surface area contributed by atoms with Crippen molar-refractivity contribution in [3.05, 3.63) is 65.0 Å². The van der Waals surface area contributed by atoms with Crippen molar-refractivity contribution in [2.24, 2.45) is 0 Å². The van der Waals surface area contributed by atoms with E-state index in [1.807, 2.05) is 38.1 Å². The molecule has 3 nitrogen and oxygen atoms in total. The first-order valence-corrected chi connectivity index (χ1v) is 7.43. The average molecular weight is 303 g/mol. The van der Waals surface area contributed by atoms with Crippen LogP contribution in [-0.4, -0.2) is 11.2 Å². The summed E-state index contributed by atoms with van der Waals surface area (Å²) in [7, 11) is 0. The van der Waals surface area contributed by atoms with Gasteiger partial charge in [-0.1, -0.05) is 18.2 Å². The van der Waals surface area contributed by atoms with Gasteiger partial charge in [0.25, 0.3) is 0 Å². The molecule has 0 spiro atoms. The molecule has 22 heavy (non-hydrogen) atoms. The maximum atomic E-state index is 13.3. The third-order valence-corrected chi connectivity index (χ3v) is 3.23. The van der Waals surface area contributed by atoms with Crippen LogP contribution in [0.15, 0.2) is 42.5 Å². The summed E-state index contributed by atoms with van der Waals surface area (Å²) in [6, 6.07) is 12.8. The SMILES string of the molecule is CC(C)Oc1ccc(CNCc2ccc(F)c(CO)c2)cc1. The fourth-order valence-corrected chi connectivity index (χ4v) is 2.17. The van der Waals surface area contributed by atoms with E-state index in [0.29, 0.717) is 18.7 Å². The van der Waals surface area contributed by atoms with E-state index < -0.39 is 0 Å². The van der Waals surface area contributed by atoms with Crippen LogP contribution in [0.2, 0.25) is 0 Å². The van der Waals surface area contributed by atoms with Gasteiger partial charge in [-0.15, -0.1) is 0 Å². The third-order valence-electron chi connectivity index (χ3n) is 3.23. The van der Waals surface area contributed by atoms with E-state index in [1.165, 1.54) is 6.07 Å². The molecule has 0 heterocycles. The number of hydrogen-bond acceptors (Lipinski definition) is 3. The molecule has 0 aromatic heterocycles. The molecule has 2 rings (SSSR count). The van der Waals surface area contributed by atoms with Crippen molar-refractivity contribution >= 4 is 0 Å². The summed E-state index contributed by atoms with van der Waals surface area (Å²) in [5.41, 5.74) is 2.43. The van der Waals surface area contributed by atoms with Gasteiger partial charge in [0.1, 0.15) is 11.6 Å². The van der Waals surface area contributed by atoms with Crippen LogP contribution in [0.3, 0.4) is 0 Å². The molecule has 0 saturated carbocycles. The minimum Gasteiger partial charge on any atom is -0.491 e. The Bertz CT molecular complexity index is 597. The first-order valence-electron chi connectivity index (χ1n) is 7.43. The Kier molecular flexibility index (Phi) is 5.92. The molecule has 0 radical (unpaired) electrons. The van der Waals surface area contributed by atoms with Crippen molar-refractivity contribution in [1.82, 2.24) is 5.32 Å². The van der Waals surface area contributed by atoms with E-state index >= 15 is 0 Å². The molecule has 0 fully saturated rings. The second-order valence-corrected chi connectivity index (χ2v) is 5.50. The number of aliphatic hydroxyl groups is 1. The third kappa shape index (κ3) is 4.83. The van der Waals surface area contributed by atoms with Crippen molar-refractivity contribution in [2.75, 3.05) is 0 Å². The van der Waals surface area contributed by atoms with Gasteiger partial charge >= 0.3 is 0 Å². The zero-order valence-electron chi connectivity index (χ0n) is 13.0. The van der Waals surface area contributed by atoms with Gasteiger partial charge in [-0.25, -0.2) is 4.39 Å². The van der Waals surface area contributed by atoms with E-state index in [1.54, 1.807) is 12.1 Å². The number of hydrogen-bond donors (Lipinski definition) is 2. The Hall–Kier alpha value is -1.91. The van der Waals surface area contributed by atoms with E-state index in [2.05, 4.69) is 5.32 Å². The number of halogens is 1. The highest BCUT2D eigenvalue weighted by atomic mass is 19.1. The lowest BCUT2D eigenvalue weighted by molar-refractivity contribution is 0.242.